The van der Waals surface area contributed by atoms with Gasteiger partial charge in [0.25, 0.3) is 0 Å². The molecule has 138 valence electrons. The number of hydrogen-bond acceptors (Lipinski definition) is 4. The highest BCUT2D eigenvalue weighted by atomic mass is 19.4. The average molecular weight is 368 g/mol. The van der Waals surface area contributed by atoms with Crippen molar-refractivity contribution in [3.63, 3.8) is 0 Å². The van der Waals surface area contributed by atoms with Crippen molar-refractivity contribution in [2.24, 2.45) is 0 Å². The zero-order chi connectivity index (χ0) is 18.5. The van der Waals surface area contributed by atoms with E-state index in [-0.39, 0.29) is 13.1 Å². The Labute approximate surface area is 146 Å². The number of likely N-dealkylation sites (tertiary alicyclic amines) is 1. The van der Waals surface area contributed by atoms with Gasteiger partial charge in [-0.2, -0.15) is 13.2 Å². The van der Waals surface area contributed by atoms with Gasteiger partial charge in [0.05, 0.1) is 5.60 Å². The van der Waals surface area contributed by atoms with E-state index in [9.17, 15) is 23.0 Å². The van der Waals surface area contributed by atoms with E-state index in [4.69, 9.17) is 4.65 Å². The molecule has 2 aliphatic heterocycles. The summed E-state index contributed by atoms with van der Waals surface area (Å²) in [6, 6.07) is 1.10. The number of alkyl halides is 3. The van der Waals surface area contributed by atoms with Crippen LogP contribution in [0.4, 0.5) is 18.0 Å². The van der Waals surface area contributed by atoms with E-state index < -0.39 is 31.5 Å². The smallest absolute Gasteiger partial charge is 0.423 e. The Hall–Kier alpha value is -2.27. The Kier molecular flexibility index (Phi) is 3.88. The van der Waals surface area contributed by atoms with Crippen LogP contribution in [0, 0.1) is 0 Å². The molecule has 4 heterocycles. The highest BCUT2D eigenvalue weighted by molar-refractivity contribution is 6.62. The number of carbonyl (C=O) groups excluding carboxylic acids is 1. The Morgan fingerprint density at radius 1 is 1.46 bits per heavy atom. The number of rotatable bonds is 1. The molecule has 0 aromatic carbocycles. The first-order chi connectivity index (χ1) is 12.3. The Morgan fingerprint density at radius 3 is 2.88 bits per heavy atom. The van der Waals surface area contributed by atoms with Crippen molar-refractivity contribution >= 4 is 29.6 Å². The molecule has 0 aliphatic carbocycles. The number of carbonyl (C=O) groups is 1. The number of halogens is 3. The summed E-state index contributed by atoms with van der Waals surface area (Å²) in [5.41, 5.74) is 1.32. The van der Waals surface area contributed by atoms with Crippen molar-refractivity contribution in [2.45, 2.75) is 24.6 Å². The van der Waals surface area contributed by atoms with Gasteiger partial charge in [0.1, 0.15) is 12.2 Å². The maximum atomic E-state index is 12.3. The van der Waals surface area contributed by atoms with Crippen LogP contribution in [0.25, 0.3) is 11.0 Å². The quantitative estimate of drug-likeness (QED) is 0.651. The van der Waals surface area contributed by atoms with Crippen molar-refractivity contribution in [1.29, 1.82) is 0 Å². The highest BCUT2D eigenvalue weighted by Crippen LogP contribution is 2.42. The monoisotopic (exact) mass is 368 g/mol. The summed E-state index contributed by atoms with van der Waals surface area (Å²) in [6.07, 6.45) is -0.384. The third kappa shape index (κ3) is 2.80. The largest absolute Gasteiger partial charge is 0.493 e. The standard InChI is InChI=1S/C15H16BF3N4O3/c17-15(18,19)8-22-13(24)23-5-2-14(3-6-23)11-9-1-4-20-12(9)21-7-10(11)16(25)26-14/h1,4,7,25H,2-3,5-6,8H2,(H,20,21)(H,22,24). The molecule has 26 heavy (non-hydrogen) atoms. The molecule has 7 nitrogen and oxygen atoms in total. The van der Waals surface area contributed by atoms with E-state index >= 15 is 0 Å². The van der Waals surface area contributed by atoms with E-state index in [1.165, 1.54) is 4.90 Å². The van der Waals surface area contributed by atoms with Crippen LogP contribution in [-0.2, 0) is 10.3 Å². The van der Waals surface area contributed by atoms with Crippen molar-refractivity contribution in [3.05, 3.63) is 24.0 Å². The lowest BCUT2D eigenvalue weighted by atomic mass is 9.76. The molecule has 11 heteroatoms. The van der Waals surface area contributed by atoms with Gasteiger partial charge in [-0.25, -0.2) is 9.78 Å². The van der Waals surface area contributed by atoms with Gasteiger partial charge in [-0.15, -0.1) is 0 Å². The molecular formula is C15H16BF3N4O3. The fraction of sp³-hybridized carbons (Fsp3) is 0.467. The number of aromatic amines is 1. The third-order valence-electron chi connectivity index (χ3n) is 4.97. The van der Waals surface area contributed by atoms with Gasteiger partial charge >= 0.3 is 19.3 Å². The number of pyridine rings is 1. The number of urea groups is 1. The normalized spacial score (nSPS) is 19.2. The van der Waals surface area contributed by atoms with E-state index in [0.717, 1.165) is 10.9 Å². The molecule has 3 N–H and O–H groups in total. The molecule has 1 spiro atoms. The SMILES string of the molecule is O=C(NCC(F)(F)F)N1CCC2(CC1)OB(O)c1cnc3[nH]ccc3c12. The van der Waals surface area contributed by atoms with E-state index in [1.54, 1.807) is 12.4 Å². The Morgan fingerprint density at radius 2 is 2.19 bits per heavy atom. The zero-order valence-corrected chi connectivity index (χ0v) is 13.6. The van der Waals surface area contributed by atoms with Crippen LogP contribution in [0.1, 0.15) is 18.4 Å². The lowest BCUT2D eigenvalue weighted by Gasteiger charge is -2.40. The van der Waals surface area contributed by atoms with Crippen molar-refractivity contribution in [3.8, 4) is 0 Å². The predicted octanol–water partition coefficient (Wildman–Crippen LogP) is 0.844. The van der Waals surface area contributed by atoms with Gasteiger partial charge in [-0.1, -0.05) is 0 Å². The Balaban J connectivity index is 1.53. The van der Waals surface area contributed by atoms with Crippen molar-refractivity contribution < 1.29 is 27.6 Å². The minimum atomic E-state index is -4.45. The number of fused-ring (bicyclic) bond motifs is 4. The van der Waals surface area contributed by atoms with E-state index in [0.29, 0.717) is 24.0 Å². The number of nitrogens with one attached hydrogen (secondary N) is 2. The van der Waals surface area contributed by atoms with Crippen LogP contribution in [-0.4, -0.2) is 58.9 Å². The van der Waals surface area contributed by atoms with Gasteiger partial charge < -0.3 is 24.9 Å². The number of hydrogen-bond donors (Lipinski definition) is 3. The topological polar surface area (TPSA) is 90.5 Å². The zero-order valence-electron chi connectivity index (χ0n) is 13.6. The second-order valence-electron chi connectivity index (χ2n) is 6.55. The van der Waals surface area contributed by atoms with Crippen LogP contribution >= 0.6 is 0 Å². The molecule has 0 atom stereocenters. The molecule has 1 saturated heterocycles. The molecule has 4 rings (SSSR count). The molecule has 0 saturated carbocycles. The molecule has 2 aromatic heterocycles. The van der Waals surface area contributed by atoms with Crippen LogP contribution < -0.4 is 10.8 Å². The first-order valence-electron chi connectivity index (χ1n) is 8.21. The molecular weight excluding hydrogens is 352 g/mol. The van der Waals surface area contributed by atoms with Crippen LogP contribution in [0.2, 0.25) is 0 Å². The second-order valence-corrected chi connectivity index (χ2v) is 6.55. The second kappa shape index (κ2) is 5.88. The van der Waals surface area contributed by atoms with Gasteiger partial charge in [0, 0.05) is 36.3 Å². The predicted molar refractivity (Wildman–Crippen MR) is 86.7 cm³/mol. The highest BCUT2D eigenvalue weighted by Gasteiger charge is 2.50. The average Bonchev–Trinajstić information content (AvgIpc) is 3.16. The summed E-state index contributed by atoms with van der Waals surface area (Å²) in [5.74, 6) is 0. The maximum Gasteiger partial charge on any atom is 0.493 e. The summed E-state index contributed by atoms with van der Waals surface area (Å²) >= 11 is 0. The van der Waals surface area contributed by atoms with Gasteiger partial charge in [0.15, 0.2) is 0 Å². The van der Waals surface area contributed by atoms with E-state index in [1.807, 2.05) is 11.4 Å². The summed E-state index contributed by atoms with van der Waals surface area (Å²) in [7, 11) is -1.11. The number of nitrogens with zero attached hydrogens (tertiary/aromatic N) is 2. The van der Waals surface area contributed by atoms with E-state index in [2.05, 4.69) is 9.97 Å². The molecule has 2 aliphatic rings. The third-order valence-corrected chi connectivity index (χ3v) is 4.97. The molecule has 0 unspecified atom stereocenters. The molecule has 2 aromatic rings. The molecule has 0 bridgehead atoms. The first-order valence-corrected chi connectivity index (χ1v) is 8.21. The molecule has 2 amide bonds. The van der Waals surface area contributed by atoms with Crippen LogP contribution in [0.15, 0.2) is 18.5 Å². The summed E-state index contributed by atoms with van der Waals surface area (Å²) in [5, 5.41) is 13.0. The first kappa shape index (κ1) is 17.2. The molecule has 1 fully saturated rings. The fourth-order valence-corrected chi connectivity index (χ4v) is 3.78. The summed E-state index contributed by atoms with van der Waals surface area (Å²) in [4.78, 5) is 20.5. The van der Waals surface area contributed by atoms with Gasteiger partial charge in [-0.3, -0.25) is 0 Å². The summed E-state index contributed by atoms with van der Waals surface area (Å²) < 4.78 is 42.6. The lowest BCUT2D eigenvalue weighted by molar-refractivity contribution is -0.123. The van der Waals surface area contributed by atoms with Crippen LogP contribution in [0.3, 0.4) is 0 Å². The van der Waals surface area contributed by atoms with Gasteiger partial charge in [-0.05, 0) is 24.5 Å². The minimum absolute atomic E-state index is 0.226. The Bertz CT molecular complexity index is 848. The van der Waals surface area contributed by atoms with Gasteiger partial charge in [0.2, 0.25) is 0 Å². The number of aromatic nitrogens is 2. The number of piperidine rings is 1. The summed E-state index contributed by atoms with van der Waals surface area (Å²) in [6.45, 7) is -0.907. The minimum Gasteiger partial charge on any atom is -0.423 e. The number of H-pyrrole nitrogens is 1. The van der Waals surface area contributed by atoms with Crippen LogP contribution in [0.5, 0.6) is 0 Å². The molecule has 0 radical (unpaired) electrons. The maximum absolute atomic E-state index is 12.3. The van der Waals surface area contributed by atoms with Crippen molar-refractivity contribution in [2.75, 3.05) is 19.6 Å². The van der Waals surface area contributed by atoms with Crippen molar-refractivity contribution in [1.82, 2.24) is 20.2 Å². The fourth-order valence-electron chi connectivity index (χ4n) is 3.78. The lowest BCUT2D eigenvalue weighted by Crippen LogP contribution is -2.50. The number of amides is 2.